The van der Waals surface area contributed by atoms with Crippen LogP contribution in [0.4, 0.5) is 0 Å². The van der Waals surface area contributed by atoms with Gasteiger partial charge in [-0.2, -0.15) is 0 Å². The first kappa shape index (κ1) is 25.0. The highest BCUT2D eigenvalue weighted by Crippen LogP contribution is 2.35. The average molecular weight is 474 g/mol. The number of hydrogen-bond acceptors (Lipinski definition) is 5. The Morgan fingerprint density at radius 3 is 2.37 bits per heavy atom. The minimum Gasteiger partial charge on any atom is -0.486 e. The maximum atomic E-state index is 11.6. The second-order valence-corrected chi connectivity index (χ2v) is 9.21. The summed E-state index contributed by atoms with van der Waals surface area (Å²) in [4.78, 5) is 11.6. The van der Waals surface area contributed by atoms with Crippen LogP contribution in [0, 0.1) is 0 Å². The molecule has 3 aromatic carbocycles. The van der Waals surface area contributed by atoms with Gasteiger partial charge in [0.1, 0.15) is 0 Å². The zero-order valence-corrected chi connectivity index (χ0v) is 20.4. The van der Waals surface area contributed by atoms with Gasteiger partial charge in [-0.25, -0.2) is 0 Å². The van der Waals surface area contributed by atoms with Crippen molar-refractivity contribution in [2.75, 3.05) is 13.1 Å². The number of carbonyl (C=O) groups excluding carboxylic acids is 1. The van der Waals surface area contributed by atoms with Crippen molar-refractivity contribution in [3.05, 3.63) is 83.9 Å². The van der Waals surface area contributed by atoms with E-state index in [2.05, 4.69) is 29.6 Å². The van der Waals surface area contributed by atoms with Gasteiger partial charge < -0.3 is 19.9 Å². The molecule has 0 radical (unpaired) electrons. The van der Waals surface area contributed by atoms with Crippen molar-refractivity contribution in [3.63, 3.8) is 0 Å². The Morgan fingerprint density at radius 2 is 1.66 bits per heavy atom. The van der Waals surface area contributed by atoms with Crippen LogP contribution in [0.3, 0.4) is 0 Å². The summed E-state index contributed by atoms with van der Waals surface area (Å²) in [6, 6.07) is 24.0. The molecule has 0 spiro atoms. The van der Waals surface area contributed by atoms with E-state index in [0.717, 1.165) is 42.5 Å². The molecular weight excluding hydrogens is 438 g/mol. The lowest BCUT2D eigenvalue weighted by Gasteiger charge is -2.24. The van der Waals surface area contributed by atoms with Gasteiger partial charge in [0, 0.05) is 13.5 Å². The molecule has 0 unspecified atom stereocenters. The largest absolute Gasteiger partial charge is 0.486 e. The molecule has 0 heterocycles. The molecule has 0 aromatic heterocycles. The minimum atomic E-state index is -0.501. The Kier molecular flexibility index (Phi) is 8.93. The highest BCUT2D eigenvalue weighted by atomic mass is 16.6. The SMILES string of the molecule is CC(=O)Oc1ccc(-c2ccc(CCNC[C@@H](O)c3ccccc3)cc2)cc1OC1CCCCC1. The van der Waals surface area contributed by atoms with E-state index in [1.54, 1.807) is 0 Å². The van der Waals surface area contributed by atoms with Gasteiger partial charge >= 0.3 is 5.97 Å². The average Bonchev–Trinajstić information content (AvgIpc) is 2.89. The Labute approximate surface area is 208 Å². The Hall–Kier alpha value is -3.15. The molecule has 1 aliphatic rings. The minimum absolute atomic E-state index is 0.170. The zero-order chi connectivity index (χ0) is 24.5. The number of aliphatic hydroxyl groups is 1. The highest BCUT2D eigenvalue weighted by Gasteiger charge is 2.18. The standard InChI is InChI=1S/C30H35NO4/c1-22(32)34-29-17-16-26(20-30(29)35-27-10-6-3-7-11-27)24-14-12-23(13-15-24)18-19-31-21-28(33)25-8-4-2-5-9-25/h2,4-5,8-9,12-17,20,27-28,31,33H,3,6-7,10-11,18-19,21H2,1H3/t28-/m1/s1. The molecule has 3 aromatic rings. The highest BCUT2D eigenvalue weighted by molar-refractivity contribution is 5.73. The molecule has 1 atom stereocenters. The van der Waals surface area contributed by atoms with E-state index < -0.39 is 6.10 Å². The van der Waals surface area contributed by atoms with Crippen LogP contribution < -0.4 is 14.8 Å². The van der Waals surface area contributed by atoms with Gasteiger partial charge in [-0.15, -0.1) is 0 Å². The fourth-order valence-corrected chi connectivity index (χ4v) is 4.51. The third kappa shape index (κ3) is 7.41. The Morgan fingerprint density at radius 1 is 0.943 bits per heavy atom. The second kappa shape index (κ2) is 12.5. The third-order valence-corrected chi connectivity index (χ3v) is 6.44. The molecule has 1 saturated carbocycles. The Bertz CT molecular complexity index is 1080. The van der Waals surface area contributed by atoms with Gasteiger partial charge in [0.05, 0.1) is 12.2 Å². The van der Waals surface area contributed by atoms with E-state index in [1.807, 2.05) is 48.5 Å². The second-order valence-electron chi connectivity index (χ2n) is 9.21. The van der Waals surface area contributed by atoms with Crippen LogP contribution in [0.15, 0.2) is 72.8 Å². The molecule has 35 heavy (non-hydrogen) atoms. The quantitative estimate of drug-likeness (QED) is 0.219. The molecule has 0 aliphatic heterocycles. The molecule has 0 saturated heterocycles. The van der Waals surface area contributed by atoms with Crippen LogP contribution >= 0.6 is 0 Å². The summed E-state index contributed by atoms with van der Waals surface area (Å²) in [7, 11) is 0. The van der Waals surface area contributed by atoms with Gasteiger partial charge in [-0.3, -0.25) is 4.79 Å². The van der Waals surface area contributed by atoms with Crippen LogP contribution in [0.1, 0.15) is 56.3 Å². The zero-order valence-electron chi connectivity index (χ0n) is 20.4. The third-order valence-electron chi connectivity index (χ3n) is 6.44. The van der Waals surface area contributed by atoms with Crippen molar-refractivity contribution in [1.29, 1.82) is 0 Å². The fraction of sp³-hybridized carbons (Fsp3) is 0.367. The summed E-state index contributed by atoms with van der Waals surface area (Å²) >= 11 is 0. The predicted octanol–water partition coefficient (Wildman–Crippen LogP) is 5.86. The first-order chi connectivity index (χ1) is 17.1. The topological polar surface area (TPSA) is 67.8 Å². The smallest absolute Gasteiger partial charge is 0.308 e. The Balaban J connectivity index is 1.35. The number of rotatable bonds is 10. The van der Waals surface area contributed by atoms with E-state index >= 15 is 0 Å². The number of aliphatic hydroxyl groups excluding tert-OH is 1. The van der Waals surface area contributed by atoms with E-state index in [1.165, 1.54) is 31.7 Å². The molecule has 0 bridgehead atoms. The molecule has 0 amide bonds. The summed E-state index contributed by atoms with van der Waals surface area (Å²) in [5.41, 5.74) is 4.27. The molecule has 184 valence electrons. The molecule has 5 nitrogen and oxygen atoms in total. The van der Waals surface area contributed by atoms with Crippen LogP contribution in [-0.2, 0) is 11.2 Å². The van der Waals surface area contributed by atoms with Crippen LogP contribution in [0.5, 0.6) is 11.5 Å². The van der Waals surface area contributed by atoms with Crippen molar-refractivity contribution in [1.82, 2.24) is 5.32 Å². The lowest BCUT2D eigenvalue weighted by atomic mass is 9.97. The summed E-state index contributed by atoms with van der Waals surface area (Å²) < 4.78 is 11.7. The normalized spacial score (nSPS) is 14.9. The number of hydrogen-bond donors (Lipinski definition) is 2. The van der Waals surface area contributed by atoms with E-state index in [-0.39, 0.29) is 12.1 Å². The first-order valence-electron chi connectivity index (χ1n) is 12.6. The van der Waals surface area contributed by atoms with E-state index in [4.69, 9.17) is 9.47 Å². The predicted molar refractivity (Wildman–Crippen MR) is 139 cm³/mol. The summed E-state index contributed by atoms with van der Waals surface area (Å²) in [6.45, 7) is 2.73. The van der Waals surface area contributed by atoms with Crippen LogP contribution in [-0.4, -0.2) is 30.3 Å². The van der Waals surface area contributed by atoms with Gasteiger partial charge in [-0.05, 0) is 73.0 Å². The molecule has 1 fully saturated rings. The monoisotopic (exact) mass is 473 g/mol. The lowest BCUT2D eigenvalue weighted by Crippen LogP contribution is -2.23. The van der Waals surface area contributed by atoms with Crippen molar-refractivity contribution < 1.29 is 19.4 Å². The van der Waals surface area contributed by atoms with E-state index in [0.29, 0.717) is 18.0 Å². The van der Waals surface area contributed by atoms with Gasteiger partial charge in [0.2, 0.25) is 0 Å². The number of benzene rings is 3. The van der Waals surface area contributed by atoms with E-state index in [9.17, 15) is 9.90 Å². The lowest BCUT2D eigenvalue weighted by molar-refractivity contribution is -0.132. The van der Waals surface area contributed by atoms with Gasteiger partial charge in [0.25, 0.3) is 0 Å². The van der Waals surface area contributed by atoms with Gasteiger partial charge in [0.15, 0.2) is 11.5 Å². The molecular formula is C30H35NO4. The fourth-order valence-electron chi connectivity index (χ4n) is 4.51. The van der Waals surface area contributed by atoms with Crippen LogP contribution in [0.25, 0.3) is 11.1 Å². The van der Waals surface area contributed by atoms with Crippen LogP contribution in [0.2, 0.25) is 0 Å². The van der Waals surface area contributed by atoms with Crippen molar-refractivity contribution in [2.24, 2.45) is 0 Å². The van der Waals surface area contributed by atoms with Crippen molar-refractivity contribution >= 4 is 5.97 Å². The summed E-state index contributed by atoms with van der Waals surface area (Å²) in [6.07, 6.45) is 6.23. The van der Waals surface area contributed by atoms with Gasteiger partial charge in [-0.1, -0.05) is 67.1 Å². The summed E-state index contributed by atoms with van der Waals surface area (Å²) in [5, 5.41) is 13.6. The molecule has 5 heteroatoms. The number of ether oxygens (including phenoxy) is 2. The summed E-state index contributed by atoms with van der Waals surface area (Å²) in [5.74, 6) is 0.766. The molecule has 1 aliphatic carbocycles. The molecule has 2 N–H and O–H groups in total. The molecule has 4 rings (SSSR count). The number of esters is 1. The maximum Gasteiger partial charge on any atom is 0.308 e. The maximum absolute atomic E-state index is 11.6. The number of carbonyl (C=O) groups is 1. The number of nitrogens with one attached hydrogen (secondary N) is 1. The first-order valence-corrected chi connectivity index (χ1v) is 12.6. The van der Waals surface area contributed by atoms with Crippen molar-refractivity contribution in [2.45, 2.75) is 57.7 Å². The van der Waals surface area contributed by atoms with Crippen molar-refractivity contribution in [3.8, 4) is 22.6 Å².